The molecule has 230 valence electrons. The van der Waals surface area contributed by atoms with Crippen molar-refractivity contribution < 1.29 is 22.7 Å². The summed E-state index contributed by atoms with van der Waals surface area (Å²) in [7, 11) is 0. The van der Waals surface area contributed by atoms with Crippen molar-refractivity contribution in [2.75, 3.05) is 56.2 Å². The van der Waals surface area contributed by atoms with Gasteiger partial charge in [-0.15, -0.1) is 5.10 Å². The Morgan fingerprint density at radius 3 is 2.61 bits per heavy atom. The van der Waals surface area contributed by atoms with Gasteiger partial charge < -0.3 is 15.0 Å². The molecule has 0 atom stereocenters. The number of amides is 1. The molecular formula is C30H32F3N9O2. The van der Waals surface area contributed by atoms with Gasteiger partial charge in [0, 0.05) is 50.7 Å². The Morgan fingerprint density at radius 1 is 1.05 bits per heavy atom. The first-order valence-corrected chi connectivity index (χ1v) is 14.5. The van der Waals surface area contributed by atoms with E-state index in [9.17, 15) is 18.0 Å². The highest BCUT2D eigenvalue weighted by Crippen LogP contribution is 2.30. The summed E-state index contributed by atoms with van der Waals surface area (Å²) < 4.78 is 46.2. The third-order valence-electron chi connectivity index (χ3n) is 8.00. The number of carbonyl (C=O) groups excluding carboxylic acids is 1. The van der Waals surface area contributed by atoms with Crippen LogP contribution < -0.4 is 10.2 Å². The van der Waals surface area contributed by atoms with Crippen LogP contribution >= 0.6 is 0 Å². The van der Waals surface area contributed by atoms with Gasteiger partial charge in [0.15, 0.2) is 0 Å². The predicted octanol–water partition coefficient (Wildman–Crippen LogP) is 4.25. The summed E-state index contributed by atoms with van der Waals surface area (Å²) in [4.78, 5) is 30.1. The first-order chi connectivity index (χ1) is 21.2. The van der Waals surface area contributed by atoms with E-state index < -0.39 is 17.6 Å². The number of ether oxygens (including phenoxy) is 1. The molecule has 0 unspecified atom stereocenters. The predicted molar refractivity (Wildman–Crippen MR) is 157 cm³/mol. The van der Waals surface area contributed by atoms with Crippen molar-refractivity contribution in [3.8, 4) is 16.9 Å². The lowest BCUT2D eigenvalue weighted by Gasteiger charge is -2.37. The van der Waals surface area contributed by atoms with Crippen molar-refractivity contribution in [2.45, 2.75) is 25.9 Å². The van der Waals surface area contributed by atoms with Crippen LogP contribution in [0.5, 0.6) is 0 Å². The lowest BCUT2D eigenvalue weighted by Crippen LogP contribution is -2.42. The minimum Gasteiger partial charge on any atom is -0.379 e. The molecule has 11 nitrogen and oxygen atoms in total. The molecule has 4 aromatic rings. The number of carbonyl (C=O) groups is 1. The van der Waals surface area contributed by atoms with Gasteiger partial charge in [-0.25, -0.2) is 4.68 Å². The molecule has 2 fully saturated rings. The average molecular weight is 608 g/mol. The number of morpholine rings is 1. The zero-order valence-electron chi connectivity index (χ0n) is 24.2. The number of nitrogens with one attached hydrogen (secondary N) is 1. The van der Waals surface area contributed by atoms with E-state index in [0.717, 1.165) is 82.3 Å². The Labute approximate surface area is 252 Å². The molecule has 2 aliphatic rings. The summed E-state index contributed by atoms with van der Waals surface area (Å²) in [5.41, 5.74) is 2.58. The molecule has 0 spiro atoms. The van der Waals surface area contributed by atoms with Crippen LogP contribution in [-0.2, 0) is 10.9 Å². The van der Waals surface area contributed by atoms with Crippen LogP contribution in [0.15, 0.2) is 55.2 Å². The number of pyridine rings is 3. The topological polar surface area (TPSA) is 114 Å². The number of nitrogens with zero attached hydrogens (tertiary/aromatic N) is 8. The molecule has 2 saturated heterocycles. The van der Waals surface area contributed by atoms with Crippen molar-refractivity contribution >= 4 is 17.3 Å². The second-order valence-corrected chi connectivity index (χ2v) is 11.0. The number of anilines is 2. The monoisotopic (exact) mass is 607 g/mol. The van der Waals surface area contributed by atoms with E-state index in [1.807, 2.05) is 6.20 Å². The Bertz CT molecular complexity index is 1610. The maximum Gasteiger partial charge on any atom is 0.416 e. The smallest absolute Gasteiger partial charge is 0.379 e. The number of alkyl halides is 3. The van der Waals surface area contributed by atoms with Crippen LogP contribution in [0.3, 0.4) is 0 Å². The molecular weight excluding hydrogens is 575 g/mol. The highest BCUT2D eigenvalue weighted by atomic mass is 19.4. The number of rotatable bonds is 7. The lowest BCUT2D eigenvalue weighted by molar-refractivity contribution is -0.137. The molecule has 6 rings (SSSR count). The number of halogens is 3. The van der Waals surface area contributed by atoms with Crippen molar-refractivity contribution in [3.63, 3.8) is 0 Å². The molecule has 0 radical (unpaired) electrons. The van der Waals surface area contributed by atoms with Crippen LogP contribution in [0.25, 0.3) is 16.9 Å². The number of aromatic nitrogens is 6. The van der Waals surface area contributed by atoms with Gasteiger partial charge in [0.05, 0.1) is 60.1 Å². The van der Waals surface area contributed by atoms with Crippen molar-refractivity contribution in [2.24, 2.45) is 5.92 Å². The first-order valence-electron chi connectivity index (χ1n) is 14.5. The summed E-state index contributed by atoms with van der Waals surface area (Å²) in [6.45, 7) is 8.50. The highest BCUT2D eigenvalue weighted by Gasteiger charge is 2.31. The molecule has 14 heteroatoms. The van der Waals surface area contributed by atoms with E-state index in [0.29, 0.717) is 29.1 Å². The van der Waals surface area contributed by atoms with Crippen molar-refractivity contribution in [1.82, 2.24) is 34.8 Å². The van der Waals surface area contributed by atoms with Gasteiger partial charge in [0.1, 0.15) is 11.4 Å². The van der Waals surface area contributed by atoms with Gasteiger partial charge in [0.2, 0.25) is 0 Å². The molecule has 0 saturated carbocycles. The summed E-state index contributed by atoms with van der Waals surface area (Å²) in [5.74, 6) is -0.112. The van der Waals surface area contributed by atoms with E-state index in [-0.39, 0.29) is 11.4 Å². The lowest BCUT2D eigenvalue weighted by atomic mass is 9.95. The van der Waals surface area contributed by atoms with Crippen molar-refractivity contribution in [1.29, 1.82) is 0 Å². The SMILES string of the molecule is Cc1ncc(NC(=O)c2cc(C(F)(F)F)ccn2)cc1-n1cc(-c2cncc(N3CCC(CN4CCOCC4)CC3)c2)nn1. The van der Waals surface area contributed by atoms with E-state index in [4.69, 9.17) is 4.74 Å². The fraction of sp³-hybridized carbons (Fsp3) is 0.400. The molecule has 0 aliphatic carbocycles. The number of aryl methyl sites for hydroxylation is 1. The van der Waals surface area contributed by atoms with Crippen LogP contribution in [0.2, 0.25) is 0 Å². The summed E-state index contributed by atoms with van der Waals surface area (Å²) in [6.07, 6.45) is 5.39. The molecule has 1 amide bonds. The largest absolute Gasteiger partial charge is 0.416 e. The summed E-state index contributed by atoms with van der Waals surface area (Å²) in [5, 5.41) is 11.2. The van der Waals surface area contributed by atoms with Crippen molar-refractivity contribution in [3.05, 3.63) is 72.2 Å². The Kier molecular flexibility index (Phi) is 8.53. The molecule has 4 aromatic heterocycles. The minimum absolute atomic E-state index is 0.271. The van der Waals surface area contributed by atoms with Gasteiger partial charge >= 0.3 is 6.18 Å². The van der Waals surface area contributed by atoms with E-state index >= 15 is 0 Å². The molecule has 0 bridgehead atoms. The van der Waals surface area contributed by atoms with E-state index in [1.165, 1.54) is 6.20 Å². The quantitative estimate of drug-likeness (QED) is 0.329. The Hall–Kier alpha value is -4.43. The third-order valence-corrected chi connectivity index (χ3v) is 8.00. The van der Waals surface area contributed by atoms with E-state index in [2.05, 4.69) is 46.4 Å². The Morgan fingerprint density at radius 2 is 1.84 bits per heavy atom. The summed E-state index contributed by atoms with van der Waals surface area (Å²) >= 11 is 0. The molecule has 0 aromatic carbocycles. The first kappa shape index (κ1) is 29.6. The second kappa shape index (κ2) is 12.7. The number of hydrogen-bond donors (Lipinski definition) is 1. The van der Waals surface area contributed by atoms with E-state index in [1.54, 1.807) is 30.1 Å². The highest BCUT2D eigenvalue weighted by molar-refractivity contribution is 6.03. The summed E-state index contributed by atoms with van der Waals surface area (Å²) in [6, 6.07) is 5.21. The van der Waals surface area contributed by atoms with Gasteiger partial charge in [-0.05, 0) is 49.9 Å². The normalized spacial score (nSPS) is 16.7. The number of piperidine rings is 1. The van der Waals surface area contributed by atoms with Gasteiger partial charge in [-0.1, -0.05) is 5.21 Å². The Balaban J connectivity index is 1.13. The standard InChI is InChI=1S/C30H32F3N9O2/c1-20-28(14-24(16-36-20)37-29(43)26-13-23(2-5-35-26)30(31,32)33)42-19-27(38-39-42)22-12-25(17-34-15-22)41-6-3-21(4-7-41)18-40-8-10-44-11-9-40/h2,5,12-17,19,21H,3-4,6-11,18H2,1H3,(H,37,43). The fourth-order valence-corrected chi connectivity index (χ4v) is 5.53. The second-order valence-electron chi connectivity index (χ2n) is 11.0. The van der Waals surface area contributed by atoms with Gasteiger partial charge in [0.25, 0.3) is 5.91 Å². The van der Waals surface area contributed by atoms with Crippen LogP contribution in [-0.4, -0.2) is 86.7 Å². The minimum atomic E-state index is -4.59. The average Bonchev–Trinajstić information content (AvgIpc) is 3.53. The van der Waals surface area contributed by atoms with Crippen LogP contribution in [0, 0.1) is 12.8 Å². The van der Waals surface area contributed by atoms with Crippen LogP contribution in [0.1, 0.15) is 34.6 Å². The molecule has 1 N–H and O–H groups in total. The third kappa shape index (κ3) is 6.86. The maximum absolute atomic E-state index is 13.1. The van der Waals surface area contributed by atoms with Gasteiger partial charge in [-0.3, -0.25) is 24.6 Å². The zero-order chi connectivity index (χ0) is 30.7. The number of hydrogen-bond acceptors (Lipinski definition) is 9. The zero-order valence-corrected chi connectivity index (χ0v) is 24.2. The van der Waals surface area contributed by atoms with Gasteiger partial charge in [-0.2, -0.15) is 13.2 Å². The molecule has 44 heavy (non-hydrogen) atoms. The van der Waals surface area contributed by atoms with Crippen LogP contribution in [0.4, 0.5) is 24.5 Å². The molecule has 2 aliphatic heterocycles. The maximum atomic E-state index is 13.1. The fourth-order valence-electron chi connectivity index (χ4n) is 5.53. The molecule has 6 heterocycles.